The molecule has 1 aliphatic rings. The minimum atomic E-state index is -0.208. The molecule has 1 N–H and O–H groups in total. The number of hydrogen-bond acceptors (Lipinski definition) is 2. The van der Waals surface area contributed by atoms with Crippen LogP contribution in [0.3, 0.4) is 0 Å². The number of benzene rings is 1. The Morgan fingerprint density at radius 3 is 2.85 bits per heavy atom. The molecule has 1 aromatic carbocycles. The number of phenols is 1. The van der Waals surface area contributed by atoms with E-state index in [1.807, 2.05) is 13.0 Å². The van der Waals surface area contributed by atoms with Gasteiger partial charge in [0.05, 0.1) is 0 Å². The first kappa shape index (κ1) is 7.98. The Hall–Kier alpha value is -1.64. The van der Waals surface area contributed by atoms with Crippen LogP contribution in [0.15, 0.2) is 18.2 Å². The molecule has 0 aromatic heterocycles. The standard InChI is InChI=1S/C10H9NO2/c1-6-7-4-3-5-8(12)9(7)10(13)11(6)2/h3-6H,2H2,1H3/p+1/t6-/m1/s1. The average molecular weight is 176 g/mol. The van der Waals surface area contributed by atoms with E-state index in [1.54, 1.807) is 6.07 Å². The molecule has 1 atom stereocenters. The molecule has 1 aromatic rings. The number of nitrogens with zero attached hydrogens (tertiary/aromatic N) is 1. The lowest BCUT2D eigenvalue weighted by atomic mass is 10.1. The maximum atomic E-state index is 11.5. The molecular formula is C10H10NO2+. The van der Waals surface area contributed by atoms with E-state index in [9.17, 15) is 9.90 Å². The van der Waals surface area contributed by atoms with Gasteiger partial charge in [-0.3, -0.25) is 0 Å². The molecule has 0 saturated heterocycles. The second kappa shape index (κ2) is 2.42. The van der Waals surface area contributed by atoms with E-state index in [1.165, 1.54) is 10.6 Å². The first-order valence-electron chi connectivity index (χ1n) is 4.09. The van der Waals surface area contributed by atoms with Crippen molar-refractivity contribution in [3.05, 3.63) is 29.3 Å². The lowest BCUT2D eigenvalue weighted by molar-refractivity contribution is -0.457. The molecule has 1 aliphatic heterocycles. The highest BCUT2D eigenvalue weighted by atomic mass is 16.3. The highest BCUT2D eigenvalue weighted by Crippen LogP contribution is 2.34. The molecule has 3 heteroatoms. The SMILES string of the molecule is C=[N+]1C(=O)c2c(O)cccc2[C@H]1C. The predicted molar refractivity (Wildman–Crippen MR) is 48.2 cm³/mol. The van der Waals surface area contributed by atoms with Crippen LogP contribution in [0.25, 0.3) is 0 Å². The molecule has 1 amide bonds. The van der Waals surface area contributed by atoms with Gasteiger partial charge in [-0.25, -0.2) is 4.79 Å². The third kappa shape index (κ3) is 0.900. The molecule has 0 unspecified atom stereocenters. The zero-order valence-electron chi connectivity index (χ0n) is 7.32. The molecule has 3 nitrogen and oxygen atoms in total. The maximum Gasteiger partial charge on any atom is 0.423 e. The van der Waals surface area contributed by atoms with Crippen molar-refractivity contribution in [1.82, 2.24) is 0 Å². The van der Waals surface area contributed by atoms with Crippen LogP contribution in [-0.4, -0.2) is 22.3 Å². The van der Waals surface area contributed by atoms with Crippen molar-refractivity contribution in [2.75, 3.05) is 0 Å². The fraction of sp³-hybridized carbons (Fsp3) is 0.200. The summed E-state index contributed by atoms with van der Waals surface area (Å²) in [5, 5.41) is 9.46. The number of hydrogen-bond donors (Lipinski definition) is 1. The molecule has 1 heterocycles. The van der Waals surface area contributed by atoms with Gasteiger partial charge in [0.25, 0.3) is 0 Å². The van der Waals surface area contributed by atoms with Gasteiger partial charge in [0.2, 0.25) is 0 Å². The summed E-state index contributed by atoms with van der Waals surface area (Å²) >= 11 is 0. The second-order valence-corrected chi connectivity index (χ2v) is 3.19. The lowest BCUT2D eigenvalue weighted by Gasteiger charge is -1.97. The van der Waals surface area contributed by atoms with Crippen LogP contribution in [0, 0.1) is 0 Å². The monoisotopic (exact) mass is 176 g/mol. The number of amides is 1. The summed E-state index contributed by atoms with van der Waals surface area (Å²) < 4.78 is 1.38. The van der Waals surface area contributed by atoms with Gasteiger partial charge in [0.1, 0.15) is 18.0 Å². The number of phenolic OH excluding ortho intramolecular Hbond substituents is 1. The summed E-state index contributed by atoms with van der Waals surface area (Å²) in [6, 6.07) is 5.04. The molecule has 0 aliphatic carbocycles. The summed E-state index contributed by atoms with van der Waals surface area (Å²) in [6.45, 7) is 5.51. The molecule has 0 fully saturated rings. The topological polar surface area (TPSA) is 40.3 Å². The minimum absolute atomic E-state index is 0.0421. The Labute approximate surface area is 75.9 Å². The van der Waals surface area contributed by atoms with E-state index in [-0.39, 0.29) is 17.7 Å². The van der Waals surface area contributed by atoms with E-state index >= 15 is 0 Å². The third-order valence-corrected chi connectivity index (χ3v) is 2.47. The normalized spacial score (nSPS) is 20.5. The number of fused-ring (bicyclic) bond motifs is 1. The summed E-state index contributed by atoms with van der Waals surface area (Å²) in [5.41, 5.74) is 1.24. The predicted octanol–water partition coefficient (Wildman–Crippen LogP) is 1.32. The summed E-state index contributed by atoms with van der Waals surface area (Å²) in [5.74, 6) is -0.166. The minimum Gasteiger partial charge on any atom is -0.507 e. The van der Waals surface area contributed by atoms with Crippen molar-refractivity contribution in [1.29, 1.82) is 0 Å². The van der Waals surface area contributed by atoms with Crippen molar-refractivity contribution in [3.8, 4) is 5.75 Å². The largest absolute Gasteiger partial charge is 0.507 e. The fourth-order valence-electron chi connectivity index (χ4n) is 1.63. The van der Waals surface area contributed by atoms with Crippen LogP contribution in [-0.2, 0) is 0 Å². The quantitative estimate of drug-likeness (QED) is 0.605. The molecule has 66 valence electrons. The fourth-order valence-corrected chi connectivity index (χ4v) is 1.63. The zero-order chi connectivity index (χ0) is 9.59. The maximum absolute atomic E-state index is 11.5. The number of carbonyl (C=O) groups excluding carboxylic acids is 1. The molecule has 13 heavy (non-hydrogen) atoms. The number of rotatable bonds is 0. The Morgan fingerprint density at radius 2 is 2.23 bits per heavy atom. The summed E-state index contributed by atoms with van der Waals surface area (Å²) in [4.78, 5) is 11.5. The van der Waals surface area contributed by atoms with Crippen molar-refractivity contribution < 1.29 is 14.5 Å². The van der Waals surface area contributed by atoms with Crippen LogP contribution < -0.4 is 0 Å². The van der Waals surface area contributed by atoms with E-state index in [0.717, 1.165) is 5.56 Å². The first-order chi connectivity index (χ1) is 6.13. The molecular weight excluding hydrogens is 166 g/mol. The highest BCUT2D eigenvalue weighted by molar-refractivity contribution is 5.95. The van der Waals surface area contributed by atoms with Crippen LogP contribution >= 0.6 is 0 Å². The second-order valence-electron chi connectivity index (χ2n) is 3.19. The van der Waals surface area contributed by atoms with Gasteiger partial charge >= 0.3 is 5.91 Å². The lowest BCUT2D eigenvalue weighted by Crippen LogP contribution is -2.12. The van der Waals surface area contributed by atoms with E-state index in [2.05, 4.69) is 6.72 Å². The van der Waals surface area contributed by atoms with Gasteiger partial charge in [-0.15, -0.1) is 0 Å². The third-order valence-electron chi connectivity index (χ3n) is 2.47. The molecule has 0 radical (unpaired) electrons. The van der Waals surface area contributed by atoms with Gasteiger partial charge < -0.3 is 5.11 Å². The van der Waals surface area contributed by atoms with Gasteiger partial charge in [0.15, 0.2) is 6.04 Å². The van der Waals surface area contributed by atoms with Crippen LogP contribution in [0.5, 0.6) is 5.75 Å². The Balaban J connectivity index is 2.73. The van der Waals surface area contributed by atoms with Crippen molar-refractivity contribution in [3.63, 3.8) is 0 Å². The van der Waals surface area contributed by atoms with E-state index in [4.69, 9.17) is 0 Å². The zero-order valence-corrected chi connectivity index (χ0v) is 7.32. The molecule has 2 rings (SSSR count). The van der Waals surface area contributed by atoms with Crippen molar-refractivity contribution in [2.45, 2.75) is 13.0 Å². The van der Waals surface area contributed by atoms with Crippen LogP contribution in [0.1, 0.15) is 28.9 Å². The Bertz CT molecular complexity index is 409. The van der Waals surface area contributed by atoms with Crippen molar-refractivity contribution >= 4 is 12.6 Å². The number of carbonyl (C=O) groups is 1. The smallest absolute Gasteiger partial charge is 0.423 e. The van der Waals surface area contributed by atoms with Gasteiger partial charge in [0, 0.05) is 12.5 Å². The Kier molecular flexibility index (Phi) is 1.49. The summed E-state index contributed by atoms with van der Waals surface area (Å²) in [7, 11) is 0. The van der Waals surface area contributed by atoms with Crippen molar-refractivity contribution in [2.24, 2.45) is 0 Å². The first-order valence-corrected chi connectivity index (χ1v) is 4.09. The molecule has 0 bridgehead atoms. The van der Waals surface area contributed by atoms with E-state index < -0.39 is 0 Å². The van der Waals surface area contributed by atoms with Crippen LogP contribution in [0.4, 0.5) is 0 Å². The summed E-state index contributed by atoms with van der Waals surface area (Å²) in [6.07, 6.45) is 0. The number of aromatic hydroxyl groups is 1. The van der Waals surface area contributed by atoms with Gasteiger partial charge in [-0.05, 0) is 6.07 Å². The van der Waals surface area contributed by atoms with Gasteiger partial charge in [-0.1, -0.05) is 12.1 Å². The van der Waals surface area contributed by atoms with Gasteiger partial charge in [-0.2, -0.15) is 4.58 Å². The van der Waals surface area contributed by atoms with E-state index in [0.29, 0.717) is 5.56 Å². The highest BCUT2D eigenvalue weighted by Gasteiger charge is 2.39. The van der Waals surface area contributed by atoms with Crippen LogP contribution in [0.2, 0.25) is 0 Å². The Morgan fingerprint density at radius 1 is 1.54 bits per heavy atom. The average Bonchev–Trinajstić information content (AvgIpc) is 2.33. The molecule has 0 spiro atoms. The molecule has 0 saturated carbocycles.